The van der Waals surface area contributed by atoms with E-state index < -0.39 is 0 Å². The number of nitrogens with one attached hydrogen (secondary N) is 1. The molecule has 0 amide bonds. The first-order chi connectivity index (χ1) is 9.50. The monoisotopic (exact) mass is 278 g/mol. The molecule has 0 saturated carbocycles. The van der Waals surface area contributed by atoms with Gasteiger partial charge in [-0.25, -0.2) is 9.97 Å². The highest BCUT2D eigenvalue weighted by molar-refractivity contribution is 5.45. The second-order valence-electron chi connectivity index (χ2n) is 6.48. The quantitative estimate of drug-likeness (QED) is 0.896. The van der Waals surface area contributed by atoms with Crippen molar-refractivity contribution in [2.75, 3.05) is 32.1 Å². The maximum Gasteiger partial charge on any atom is 0.257 e. The number of hydrogen-bond donors (Lipinski definition) is 1. The van der Waals surface area contributed by atoms with Gasteiger partial charge in [0.05, 0.1) is 7.11 Å². The van der Waals surface area contributed by atoms with Gasteiger partial charge in [-0.2, -0.15) is 0 Å². The predicted molar refractivity (Wildman–Crippen MR) is 81.1 cm³/mol. The van der Waals surface area contributed by atoms with E-state index >= 15 is 0 Å². The van der Waals surface area contributed by atoms with E-state index in [0.29, 0.717) is 11.9 Å². The van der Waals surface area contributed by atoms with Crippen LogP contribution in [0.3, 0.4) is 0 Å². The molecule has 5 heteroatoms. The van der Waals surface area contributed by atoms with Crippen LogP contribution in [0.25, 0.3) is 0 Å². The fraction of sp³-hybridized carbons (Fsp3) is 0.733. The minimum absolute atomic E-state index is 0.144. The summed E-state index contributed by atoms with van der Waals surface area (Å²) in [6, 6.07) is 0.311. The van der Waals surface area contributed by atoms with Crippen LogP contribution >= 0.6 is 0 Å². The lowest BCUT2D eigenvalue weighted by molar-refractivity contribution is 0.240. The first-order valence-corrected chi connectivity index (χ1v) is 7.34. The zero-order valence-electron chi connectivity index (χ0n) is 13.0. The summed E-state index contributed by atoms with van der Waals surface area (Å²) in [5.74, 6) is 1.29. The number of methoxy groups -OCH3 is 1. The first kappa shape index (κ1) is 15.0. The predicted octanol–water partition coefficient (Wildman–Crippen LogP) is 2.41. The molecule has 1 aromatic rings. The molecule has 1 aliphatic rings. The van der Waals surface area contributed by atoms with Crippen LogP contribution in [0.2, 0.25) is 0 Å². The third kappa shape index (κ3) is 3.82. The summed E-state index contributed by atoms with van der Waals surface area (Å²) in [5, 5.41) is 3.53. The van der Waals surface area contributed by atoms with Crippen LogP contribution in [0.5, 0.6) is 5.88 Å². The van der Waals surface area contributed by atoms with E-state index in [0.717, 1.165) is 12.4 Å². The Balaban J connectivity index is 2.10. The topological polar surface area (TPSA) is 50.3 Å². The summed E-state index contributed by atoms with van der Waals surface area (Å²) < 4.78 is 5.28. The molecule has 20 heavy (non-hydrogen) atoms. The molecule has 0 spiro atoms. The number of rotatable bonds is 5. The average molecular weight is 278 g/mol. The fourth-order valence-electron chi connectivity index (χ4n) is 2.50. The molecule has 1 N–H and O–H groups in total. The van der Waals surface area contributed by atoms with Crippen molar-refractivity contribution in [2.45, 2.75) is 39.7 Å². The Kier molecular flexibility index (Phi) is 4.81. The van der Waals surface area contributed by atoms with E-state index in [1.807, 2.05) is 0 Å². The zero-order chi connectivity index (χ0) is 14.6. The Morgan fingerprint density at radius 3 is 2.50 bits per heavy atom. The third-order valence-corrected chi connectivity index (χ3v) is 3.85. The molecule has 1 aromatic heterocycles. The van der Waals surface area contributed by atoms with E-state index in [-0.39, 0.29) is 5.41 Å². The number of aromatic nitrogens is 2. The van der Waals surface area contributed by atoms with E-state index in [4.69, 9.17) is 4.74 Å². The fourth-order valence-corrected chi connectivity index (χ4v) is 2.50. The number of likely N-dealkylation sites (tertiary alicyclic amines) is 1. The molecule has 0 aromatic carbocycles. The minimum Gasteiger partial charge on any atom is -0.478 e. The van der Waals surface area contributed by atoms with E-state index in [2.05, 4.69) is 41.0 Å². The molecule has 1 fully saturated rings. The molecule has 112 valence electrons. The molecular weight excluding hydrogens is 252 g/mol. The molecule has 1 aliphatic heterocycles. The summed E-state index contributed by atoms with van der Waals surface area (Å²) in [7, 11) is 1.63. The van der Waals surface area contributed by atoms with Crippen molar-refractivity contribution < 1.29 is 4.74 Å². The molecule has 1 saturated heterocycles. The van der Waals surface area contributed by atoms with Gasteiger partial charge < -0.3 is 15.0 Å². The third-order valence-electron chi connectivity index (χ3n) is 3.85. The highest BCUT2D eigenvalue weighted by Crippen LogP contribution is 2.27. The van der Waals surface area contributed by atoms with Gasteiger partial charge in [-0.05, 0) is 31.3 Å². The van der Waals surface area contributed by atoms with Crippen LogP contribution in [0.1, 0.15) is 33.6 Å². The molecule has 1 atom stereocenters. The highest BCUT2D eigenvalue weighted by Gasteiger charge is 2.28. The maximum absolute atomic E-state index is 5.28. The van der Waals surface area contributed by atoms with Crippen molar-refractivity contribution in [1.82, 2.24) is 14.9 Å². The molecule has 0 bridgehead atoms. The summed E-state index contributed by atoms with van der Waals surface area (Å²) in [6.07, 6.45) is 5.97. The van der Waals surface area contributed by atoms with Crippen LogP contribution in [-0.2, 0) is 0 Å². The lowest BCUT2D eigenvalue weighted by atomic mass is 9.86. The van der Waals surface area contributed by atoms with Gasteiger partial charge in [0.2, 0.25) is 0 Å². The van der Waals surface area contributed by atoms with Crippen LogP contribution in [-0.4, -0.2) is 47.7 Å². The average Bonchev–Trinajstić information content (AvgIpc) is 2.90. The second kappa shape index (κ2) is 6.39. The van der Waals surface area contributed by atoms with Crippen molar-refractivity contribution in [1.29, 1.82) is 0 Å². The molecule has 2 rings (SSSR count). The Morgan fingerprint density at radius 2 is 1.90 bits per heavy atom. The normalized spacial score (nSPS) is 18.0. The number of hydrogen-bond acceptors (Lipinski definition) is 5. The van der Waals surface area contributed by atoms with Gasteiger partial charge in [-0.15, -0.1) is 0 Å². The van der Waals surface area contributed by atoms with Crippen LogP contribution < -0.4 is 10.1 Å². The highest BCUT2D eigenvalue weighted by atomic mass is 16.5. The van der Waals surface area contributed by atoms with Crippen LogP contribution in [0, 0.1) is 5.41 Å². The summed E-state index contributed by atoms with van der Waals surface area (Å²) in [5.41, 5.74) is 0.144. The molecule has 1 unspecified atom stereocenters. The van der Waals surface area contributed by atoms with E-state index in [1.165, 1.54) is 25.9 Å². The smallest absolute Gasteiger partial charge is 0.257 e. The van der Waals surface area contributed by atoms with Gasteiger partial charge in [0, 0.05) is 25.0 Å². The lowest BCUT2D eigenvalue weighted by Gasteiger charge is -2.35. The van der Waals surface area contributed by atoms with E-state index in [1.54, 1.807) is 19.5 Å². The van der Waals surface area contributed by atoms with Crippen molar-refractivity contribution in [3.8, 4) is 5.88 Å². The van der Waals surface area contributed by atoms with Crippen molar-refractivity contribution in [3.05, 3.63) is 12.4 Å². The summed E-state index contributed by atoms with van der Waals surface area (Å²) in [6.45, 7) is 10.2. The molecular formula is C15H26N4O. The van der Waals surface area contributed by atoms with E-state index in [9.17, 15) is 0 Å². The second-order valence-corrected chi connectivity index (χ2v) is 6.48. The van der Waals surface area contributed by atoms with Gasteiger partial charge in [0.15, 0.2) is 5.82 Å². The molecule has 0 aliphatic carbocycles. The van der Waals surface area contributed by atoms with Gasteiger partial charge in [-0.3, -0.25) is 0 Å². The van der Waals surface area contributed by atoms with Gasteiger partial charge in [0.25, 0.3) is 5.88 Å². The lowest BCUT2D eigenvalue weighted by Crippen LogP contribution is -2.43. The molecule has 5 nitrogen and oxygen atoms in total. The number of ether oxygens (including phenoxy) is 1. The Bertz CT molecular complexity index is 424. The number of nitrogens with zero attached hydrogens (tertiary/aromatic N) is 3. The minimum atomic E-state index is 0.144. The van der Waals surface area contributed by atoms with Gasteiger partial charge in [-0.1, -0.05) is 20.8 Å². The largest absolute Gasteiger partial charge is 0.478 e. The maximum atomic E-state index is 5.28. The SMILES string of the molecule is COc1nccnc1NC(CN1CCCC1)C(C)(C)C. The van der Waals surface area contributed by atoms with Gasteiger partial charge >= 0.3 is 0 Å². The van der Waals surface area contributed by atoms with Gasteiger partial charge in [0.1, 0.15) is 0 Å². The van der Waals surface area contributed by atoms with Crippen molar-refractivity contribution >= 4 is 5.82 Å². The zero-order valence-corrected chi connectivity index (χ0v) is 13.0. The Labute approximate surface area is 121 Å². The van der Waals surface area contributed by atoms with Crippen LogP contribution in [0.4, 0.5) is 5.82 Å². The summed E-state index contributed by atoms with van der Waals surface area (Å²) in [4.78, 5) is 11.1. The molecule has 2 heterocycles. The number of anilines is 1. The standard InChI is InChI=1S/C15H26N4O/c1-15(2,3)12(11-19-9-5-6-10-19)18-13-14(20-4)17-8-7-16-13/h7-8,12H,5-6,9-11H2,1-4H3,(H,16,18). The first-order valence-electron chi connectivity index (χ1n) is 7.34. The Hall–Kier alpha value is -1.36. The molecule has 0 radical (unpaired) electrons. The van der Waals surface area contributed by atoms with Crippen LogP contribution in [0.15, 0.2) is 12.4 Å². The Morgan fingerprint density at radius 1 is 1.25 bits per heavy atom. The summed E-state index contributed by atoms with van der Waals surface area (Å²) >= 11 is 0. The van der Waals surface area contributed by atoms with Crippen molar-refractivity contribution in [2.24, 2.45) is 5.41 Å². The van der Waals surface area contributed by atoms with Crippen molar-refractivity contribution in [3.63, 3.8) is 0 Å².